The third-order valence-electron chi connectivity index (χ3n) is 7.05. The summed E-state index contributed by atoms with van der Waals surface area (Å²) in [5.74, 6) is 0.376. The number of benzene rings is 1. The minimum Gasteiger partial charge on any atom is -0.339 e. The van der Waals surface area contributed by atoms with E-state index < -0.39 is 0 Å². The lowest BCUT2D eigenvalue weighted by Gasteiger charge is -2.32. The van der Waals surface area contributed by atoms with Gasteiger partial charge in [-0.3, -0.25) is 19.4 Å². The molecule has 0 spiro atoms. The van der Waals surface area contributed by atoms with Gasteiger partial charge in [0.05, 0.1) is 10.9 Å². The van der Waals surface area contributed by atoms with E-state index in [0.717, 1.165) is 32.1 Å². The number of hydrogen-bond acceptors (Lipinski definition) is 4. The zero-order valence-electron chi connectivity index (χ0n) is 20.1. The molecule has 1 aliphatic heterocycles. The maximum Gasteiger partial charge on any atom is 0.267 e. The highest BCUT2D eigenvalue weighted by Crippen LogP contribution is 2.23. The van der Waals surface area contributed by atoms with Crippen LogP contribution in [0.1, 0.15) is 48.5 Å². The summed E-state index contributed by atoms with van der Waals surface area (Å²) in [5.41, 5.74) is 2.54. The number of hydrogen-bond donors (Lipinski definition) is 1. The van der Waals surface area contributed by atoms with E-state index in [-0.39, 0.29) is 22.5 Å². The van der Waals surface area contributed by atoms with Crippen molar-refractivity contribution in [1.82, 2.24) is 18.9 Å². The van der Waals surface area contributed by atoms with Crippen LogP contribution in [0.15, 0.2) is 65.6 Å². The van der Waals surface area contributed by atoms with Crippen LogP contribution in [0.4, 0.5) is 0 Å². The zero-order chi connectivity index (χ0) is 24.4. The predicted octanol–water partition coefficient (Wildman–Crippen LogP) is 4.02. The molecule has 1 fully saturated rings. The molecule has 0 atom stereocenters. The number of piperidine rings is 1. The van der Waals surface area contributed by atoms with E-state index >= 15 is 0 Å². The molecule has 7 nitrogen and oxygen atoms in total. The first-order valence-corrected chi connectivity index (χ1v) is 12.5. The molecule has 0 unspecified atom stereocenters. The first kappa shape index (κ1) is 23.0. The number of aryl methyl sites for hydroxylation is 1. The number of nitrogens with zero attached hydrogens (tertiary/aromatic N) is 4. The Morgan fingerprint density at radius 2 is 1.83 bits per heavy atom. The lowest BCUT2D eigenvalue weighted by molar-refractivity contribution is 0.0687. The van der Waals surface area contributed by atoms with Crippen LogP contribution in [0.25, 0.3) is 16.7 Å². The standard InChI is InChI=1S/C28H31N5O2/c1-2-3-14-33-25(29)22(19-23-26(33)30-24-11-7-8-15-32(24)28(23)35)27(34)31-16-12-21(13-17-31)18-20-9-5-4-6-10-20/h4-11,15,19,21,29H,2-3,12-14,16-18H2,1H3. The number of carbonyl (C=O) groups excluding carboxylic acids is 1. The van der Waals surface area contributed by atoms with Crippen molar-refractivity contribution in [2.24, 2.45) is 5.92 Å². The fraction of sp³-hybridized carbons (Fsp3) is 0.357. The molecular formula is C28H31N5O2. The van der Waals surface area contributed by atoms with Gasteiger partial charge < -0.3 is 9.47 Å². The van der Waals surface area contributed by atoms with Gasteiger partial charge in [-0.25, -0.2) is 4.98 Å². The smallest absolute Gasteiger partial charge is 0.267 e. The molecule has 4 heterocycles. The van der Waals surface area contributed by atoms with Gasteiger partial charge in [-0.15, -0.1) is 0 Å². The van der Waals surface area contributed by atoms with Crippen molar-refractivity contribution in [2.45, 2.75) is 45.6 Å². The quantitative estimate of drug-likeness (QED) is 0.433. The molecule has 35 heavy (non-hydrogen) atoms. The van der Waals surface area contributed by atoms with Gasteiger partial charge in [-0.05, 0) is 55.4 Å². The molecule has 1 N–H and O–H groups in total. The van der Waals surface area contributed by atoms with Gasteiger partial charge in [0.2, 0.25) is 0 Å². The first-order chi connectivity index (χ1) is 17.1. The minimum atomic E-state index is -0.216. The second kappa shape index (κ2) is 9.86. The Bertz CT molecular complexity index is 1480. The van der Waals surface area contributed by atoms with Crippen LogP contribution >= 0.6 is 0 Å². The highest BCUT2D eigenvalue weighted by molar-refractivity contribution is 5.97. The third kappa shape index (κ3) is 4.50. The lowest BCUT2D eigenvalue weighted by Crippen LogP contribution is -2.42. The number of fused-ring (bicyclic) bond motifs is 2. The predicted molar refractivity (Wildman–Crippen MR) is 136 cm³/mol. The highest BCUT2D eigenvalue weighted by atomic mass is 16.2. The minimum absolute atomic E-state index is 0.134. The van der Waals surface area contributed by atoms with Crippen molar-refractivity contribution in [1.29, 1.82) is 5.41 Å². The average molecular weight is 470 g/mol. The summed E-state index contributed by atoms with van der Waals surface area (Å²) in [7, 11) is 0. The molecule has 1 aliphatic rings. The zero-order valence-corrected chi connectivity index (χ0v) is 20.1. The van der Waals surface area contributed by atoms with E-state index in [0.29, 0.717) is 42.2 Å². The number of nitrogens with one attached hydrogen (secondary N) is 1. The molecule has 0 aliphatic carbocycles. The summed E-state index contributed by atoms with van der Waals surface area (Å²) in [6, 6.07) is 17.5. The van der Waals surface area contributed by atoms with Crippen molar-refractivity contribution < 1.29 is 4.79 Å². The Balaban J connectivity index is 1.47. The van der Waals surface area contributed by atoms with E-state index in [1.54, 1.807) is 29.0 Å². The number of amides is 1. The molecule has 3 aromatic heterocycles. The second-order valence-electron chi connectivity index (χ2n) is 9.42. The monoisotopic (exact) mass is 469 g/mol. The van der Waals surface area contributed by atoms with Crippen LogP contribution in [0.2, 0.25) is 0 Å². The molecule has 7 heteroatoms. The molecule has 4 aromatic rings. The van der Waals surface area contributed by atoms with E-state index in [9.17, 15) is 9.59 Å². The van der Waals surface area contributed by atoms with Crippen molar-refractivity contribution >= 4 is 22.6 Å². The van der Waals surface area contributed by atoms with E-state index in [1.807, 2.05) is 17.0 Å². The topological polar surface area (TPSA) is 83.5 Å². The van der Waals surface area contributed by atoms with Gasteiger partial charge in [0.25, 0.3) is 11.5 Å². The van der Waals surface area contributed by atoms with Gasteiger partial charge >= 0.3 is 0 Å². The number of carbonyl (C=O) groups is 1. The van der Waals surface area contributed by atoms with Crippen molar-refractivity contribution in [2.75, 3.05) is 13.1 Å². The van der Waals surface area contributed by atoms with Crippen molar-refractivity contribution in [3.8, 4) is 0 Å². The van der Waals surface area contributed by atoms with Gasteiger partial charge in [-0.2, -0.15) is 0 Å². The molecule has 180 valence electrons. The van der Waals surface area contributed by atoms with Crippen LogP contribution < -0.4 is 11.0 Å². The summed E-state index contributed by atoms with van der Waals surface area (Å²) >= 11 is 0. The molecule has 0 bridgehead atoms. The average Bonchev–Trinajstić information content (AvgIpc) is 2.89. The Kier molecular flexibility index (Phi) is 6.49. The first-order valence-electron chi connectivity index (χ1n) is 12.5. The summed E-state index contributed by atoms with van der Waals surface area (Å²) in [4.78, 5) is 33.5. The lowest BCUT2D eigenvalue weighted by atomic mass is 9.90. The van der Waals surface area contributed by atoms with E-state index in [4.69, 9.17) is 10.4 Å². The van der Waals surface area contributed by atoms with E-state index in [2.05, 4.69) is 31.2 Å². The molecule has 0 radical (unpaired) electrons. The maximum atomic E-state index is 13.6. The molecule has 1 amide bonds. The van der Waals surface area contributed by atoms with Gasteiger partial charge in [0.15, 0.2) is 0 Å². The Hall–Kier alpha value is -3.74. The number of pyridine rings is 2. The van der Waals surface area contributed by atoms with Gasteiger partial charge in [0, 0.05) is 25.8 Å². The van der Waals surface area contributed by atoms with Crippen LogP contribution in [0, 0.1) is 11.3 Å². The molecule has 1 aromatic carbocycles. The van der Waals surface area contributed by atoms with Crippen LogP contribution in [0.3, 0.4) is 0 Å². The number of likely N-dealkylation sites (tertiary alicyclic amines) is 1. The Morgan fingerprint density at radius 3 is 2.57 bits per heavy atom. The van der Waals surface area contributed by atoms with Crippen LogP contribution in [-0.2, 0) is 13.0 Å². The highest BCUT2D eigenvalue weighted by Gasteiger charge is 2.26. The Labute approximate surface area is 204 Å². The third-order valence-corrected chi connectivity index (χ3v) is 7.05. The summed E-state index contributed by atoms with van der Waals surface area (Å²) in [6.07, 6.45) is 6.36. The summed E-state index contributed by atoms with van der Waals surface area (Å²) in [5, 5.41) is 9.27. The Morgan fingerprint density at radius 1 is 1.09 bits per heavy atom. The van der Waals surface area contributed by atoms with Crippen molar-refractivity contribution in [3.63, 3.8) is 0 Å². The fourth-order valence-corrected chi connectivity index (χ4v) is 5.04. The number of rotatable bonds is 6. The summed E-state index contributed by atoms with van der Waals surface area (Å²) in [6.45, 7) is 3.95. The van der Waals surface area contributed by atoms with Gasteiger partial charge in [0.1, 0.15) is 16.8 Å². The van der Waals surface area contributed by atoms with Crippen LogP contribution in [-0.4, -0.2) is 37.8 Å². The number of aromatic nitrogens is 3. The van der Waals surface area contributed by atoms with E-state index in [1.165, 1.54) is 9.96 Å². The second-order valence-corrected chi connectivity index (χ2v) is 9.42. The summed E-state index contributed by atoms with van der Waals surface area (Å²) < 4.78 is 3.24. The largest absolute Gasteiger partial charge is 0.339 e. The molecule has 5 rings (SSSR count). The SMILES string of the molecule is CCCCn1c(=N)c(C(=O)N2CCC(Cc3ccccc3)CC2)cc2c(=O)n3ccccc3nc21. The molecular weight excluding hydrogens is 438 g/mol. The molecule has 0 saturated carbocycles. The maximum absolute atomic E-state index is 13.6. The normalized spacial score (nSPS) is 14.6. The van der Waals surface area contributed by atoms with Crippen LogP contribution in [0.5, 0.6) is 0 Å². The van der Waals surface area contributed by atoms with Gasteiger partial charge in [-0.1, -0.05) is 49.7 Å². The molecule has 1 saturated heterocycles. The van der Waals surface area contributed by atoms with Crippen molar-refractivity contribution in [3.05, 3.63) is 87.8 Å². The fourth-order valence-electron chi connectivity index (χ4n) is 5.04. The number of unbranched alkanes of at least 4 members (excludes halogenated alkanes) is 1.